The molecule has 0 saturated heterocycles. The smallest absolute Gasteiger partial charge is 0.139 e. The zero-order valence-corrected chi connectivity index (χ0v) is 13.7. The van der Waals surface area contributed by atoms with E-state index >= 15 is 0 Å². The van der Waals surface area contributed by atoms with Gasteiger partial charge in [0.2, 0.25) is 0 Å². The molecule has 0 aliphatic rings. The van der Waals surface area contributed by atoms with E-state index in [9.17, 15) is 0 Å². The van der Waals surface area contributed by atoms with Gasteiger partial charge in [-0.3, -0.25) is 0 Å². The van der Waals surface area contributed by atoms with E-state index in [1.165, 1.54) is 5.56 Å². The van der Waals surface area contributed by atoms with Crippen molar-refractivity contribution in [3.8, 4) is 5.75 Å². The van der Waals surface area contributed by atoms with Crippen LogP contribution in [0.5, 0.6) is 5.75 Å². The number of hydrogen-bond acceptors (Lipinski definition) is 2. The maximum atomic E-state index is 6.11. The van der Waals surface area contributed by atoms with E-state index in [0.29, 0.717) is 28.4 Å². The molecule has 21 heavy (non-hydrogen) atoms. The third kappa shape index (κ3) is 4.92. The van der Waals surface area contributed by atoms with E-state index in [1.54, 1.807) is 6.07 Å². The minimum Gasteiger partial charge on any atom is -0.487 e. The number of ether oxygens (including phenoxy) is 1. The average molecular weight is 324 g/mol. The van der Waals surface area contributed by atoms with Gasteiger partial charge >= 0.3 is 0 Å². The summed E-state index contributed by atoms with van der Waals surface area (Å²) < 4.78 is 5.75. The lowest BCUT2D eigenvalue weighted by molar-refractivity contribution is 0.306. The molecule has 0 bridgehead atoms. The predicted octanol–water partition coefficient (Wildman–Crippen LogP) is 5.07. The molecule has 0 aromatic heterocycles. The van der Waals surface area contributed by atoms with Gasteiger partial charge in [-0.15, -0.1) is 0 Å². The molecule has 0 heterocycles. The van der Waals surface area contributed by atoms with E-state index in [-0.39, 0.29) is 0 Å². The van der Waals surface area contributed by atoms with Gasteiger partial charge < -0.3 is 10.1 Å². The number of rotatable bonds is 6. The maximum Gasteiger partial charge on any atom is 0.139 e. The van der Waals surface area contributed by atoms with E-state index in [2.05, 4.69) is 31.3 Å². The second kappa shape index (κ2) is 7.69. The third-order valence-electron chi connectivity index (χ3n) is 3.02. The second-order valence-electron chi connectivity index (χ2n) is 5.20. The zero-order valence-electron chi connectivity index (χ0n) is 12.2. The fourth-order valence-electron chi connectivity index (χ4n) is 1.91. The van der Waals surface area contributed by atoms with Crippen LogP contribution in [0.25, 0.3) is 0 Å². The molecule has 112 valence electrons. The summed E-state index contributed by atoms with van der Waals surface area (Å²) in [6.45, 7) is 5.58. The van der Waals surface area contributed by atoms with Crippen molar-refractivity contribution >= 4 is 23.2 Å². The van der Waals surface area contributed by atoms with Crippen LogP contribution < -0.4 is 10.1 Å². The SMILES string of the molecule is CC(C)NCc1cccc(COc2cccc(Cl)c2Cl)c1. The van der Waals surface area contributed by atoms with Crippen molar-refractivity contribution in [3.05, 3.63) is 63.6 Å². The molecule has 0 radical (unpaired) electrons. The van der Waals surface area contributed by atoms with Crippen molar-refractivity contribution < 1.29 is 4.74 Å². The molecule has 0 aliphatic heterocycles. The van der Waals surface area contributed by atoms with Crippen LogP contribution in [0.15, 0.2) is 42.5 Å². The Bertz CT molecular complexity index is 599. The van der Waals surface area contributed by atoms with Crippen LogP contribution in [0, 0.1) is 0 Å². The van der Waals surface area contributed by atoms with Crippen LogP contribution in [-0.2, 0) is 13.2 Å². The molecule has 2 aromatic carbocycles. The molecule has 0 atom stereocenters. The number of benzene rings is 2. The van der Waals surface area contributed by atoms with Gasteiger partial charge in [-0.1, -0.05) is 67.4 Å². The molecular formula is C17H19Cl2NO. The maximum absolute atomic E-state index is 6.11. The lowest BCUT2D eigenvalue weighted by Gasteiger charge is -2.11. The first-order chi connectivity index (χ1) is 10.1. The van der Waals surface area contributed by atoms with Crippen molar-refractivity contribution in [2.24, 2.45) is 0 Å². The van der Waals surface area contributed by atoms with Crippen LogP contribution >= 0.6 is 23.2 Å². The van der Waals surface area contributed by atoms with Crippen LogP contribution in [0.1, 0.15) is 25.0 Å². The highest BCUT2D eigenvalue weighted by atomic mass is 35.5. The first kappa shape index (κ1) is 16.2. The van der Waals surface area contributed by atoms with Crippen LogP contribution in [-0.4, -0.2) is 6.04 Å². The fraction of sp³-hybridized carbons (Fsp3) is 0.294. The third-order valence-corrected chi connectivity index (χ3v) is 3.82. The summed E-state index contributed by atoms with van der Waals surface area (Å²) in [5.74, 6) is 0.606. The molecule has 2 aromatic rings. The summed E-state index contributed by atoms with van der Waals surface area (Å²) in [4.78, 5) is 0. The van der Waals surface area contributed by atoms with Gasteiger partial charge in [0, 0.05) is 12.6 Å². The number of hydrogen-bond donors (Lipinski definition) is 1. The van der Waals surface area contributed by atoms with Gasteiger partial charge in [0.15, 0.2) is 0 Å². The summed E-state index contributed by atoms with van der Waals surface area (Å²) in [6, 6.07) is 14.2. The first-order valence-electron chi connectivity index (χ1n) is 6.94. The summed E-state index contributed by atoms with van der Waals surface area (Å²) in [5, 5.41) is 4.36. The van der Waals surface area contributed by atoms with Crippen LogP contribution in [0.3, 0.4) is 0 Å². The zero-order chi connectivity index (χ0) is 15.2. The molecule has 0 spiro atoms. The summed E-state index contributed by atoms with van der Waals surface area (Å²) in [7, 11) is 0. The minimum absolute atomic E-state index is 0.455. The highest BCUT2D eigenvalue weighted by molar-refractivity contribution is 6.42. The van der Waals surface area contributed by atoms with Crippen LogP contribution in [0.2, 0.25) is 10.0 Å². The van der Waals surface area contributed by atoms with E-state index in [4.69, 9.17) is 27.9 Å². The van der Waals surface area contributed by atoms with Gasteiger partial charge in [-0.05, 0) is 23.3 Å². The highest BCUT2D eigenvalue weighted by Gasteiger charge is 2.06. The van der Waals surface area contributed by atoms with Gasteiger partial charge in [-0.2, -0.15) is 0 Å². The Hall–Kier alpha value is -1.22. The topological polar surface area (TPSA) is 21.3 Å². The largest absolute Gasteiger partial charge is 0.487 e. The van der Waals surface area contributed by atoms with Gasteiger partial charge in [-0.25, -0.2) is 0 Å². The molecule has 0 unspecified atom stereocenters. The Morgan fingerprint density at radius 3 is 2.52 bits per heavy atom. The monoisotopic (exact) mass is 323 g/mol. The van der Waals surface area contributed by atoms with Gasteiger partial charge in [0.05, 0.1) is 5.02 Å². The normalized spacial score (nSPS) is 10.9. The highest BCUT2D eigenvalue weighted by Crippen LogP contribution is 2.31. The Kier molecular flexibility index (Phi) is 5.92. The molecule has 2 rings (SSSR count). The Labute approximate surface area is 136 Å². The first-order valence-corrected chi connectivity index (χ1v) is 7.70. The molecule has 1 N–H and O–H groups in total. The van der Waals surface area contributed by atoms with Gasteiger partial charge in [0.25, 0.3) is 0 Å². The lowest BCUT2D eigenvalue weighted by atomic mass is 10.1. The summed E-state index contributed by atoms with van der Waals surface area (Å²) in [5.41, 5.74) is 2.34. The molecule has 0 amide bonds. The number of nitrogens with one attached hydrogen (secondary N) is 1. The van der Waals surface area contributed by atoms with E-state index < -0.39 is 0 Å². The summed E-state index contributed by atoms with van der Waals surface area (Å²) >= 11 is 12.1. The molecule has 2 nitrogen and oxygen atoms in total. The van der Waals surface area contributed by atoms with Crippen molar-refractivity contribution in [2.45, 2.75) is 33.0 Å². The van der Waals surface area contributed by atoms with Crippen molar-refractivity contribution in [2.75, 3.05) is 0 Å². The average Bonchev–Trinajstić information content (AvgIpc) is 2.47. The van der Waals surface area contributed by atoms with Crippen molar-refractivity contribution in [1.29, 1.82) is 0 Å². The van der Waals surface area contributed by atoms with E-state index in [0.717, 1.165) is 12.1 Å². The predicted molar refractivity (Wildman–Crippen MR) is 89.2 cm³/mol. The van der Waals surface area contributed by atoms with Crippen LogP contribution in [0.4, 0.5) is 0 Å². The van der Waals surface area contributed by atoms with E-state index in [1.807, 2.05) is 24.3 Å². The second-order valence-corrected chi connectivity index (χ2v) is 5.98. The molecule has 0 aliphatic carbocycles. The standard InChI is InChI=1S/C17H19Cl2NO/c1-12(2)20-10-13-5-3-6-14(9-13)11-21-16-8-4-7-15(18)17(16)19/h3-9,12,20H,10-11H2,1-2H3. The molecular weight excluding hydrogens is 305 g/mol. The molecule has 4 heteroatoms. The van der Waals surface area contributed by atoms with Crippen molar-refractivity contribution in [3.63, 3.8) is 0 Å². The number of halogens is 2. The molecule has 0 saturated carbocycles. The fourth-order valence-corrected chi connectivity index (χ4v) is 2.25. The quantitative estimate of drug-likeness (QED) is 0.801. The van der Waals surface area contributed by atoms with Crippen molar-refractivity contribution in [1.82, 2.24) is 5.32 Å². The lowest BCUT2D eigenvalue weighted by Crippen LogP contribution is -2.21. The summed E-state index contributed by atoms with van der Waals surface area (Å²) in [6.07, 6.45) is 0. The Morgan fingerprint density at radius 1 is 1.05 bits per heavy atom. The Morgan fingerprint density at radius 2 is 1.76 bits per heavy atom. The van der Waals surface area contributed by atoms with Gasteiger partial charge in [0.1, 0.15) is 17.4 Å². The Balaban J connectivity index is 2.00. The molecule has 0 fully saturated rings. The minimum atomic E-state index is 0.455.